The highest BCUT2D eigenvalue weighted by Crippen LogP contribution is 2.20. The molecule has 0 saturated heterocycles. The third-order valence-corrected chi connectivity index (χ3v) is 3.07. The van der Waals surface area contributed by atoms with Gasteiger partial charge in [-0.1, -0.05) is 6.92 Å². The number of aromatic nitrogens is 2. The van der Waals surface area contributed by atoms with Gasteiger partial charge in [-0.2, -0.15) is 0 Å². The Morgan fingerprint density at radius 2 is 2.37 bits per heavy atom. The number of nitrogens with zero attached hydrogens (tertiary/aromatic N) is 2. The fraction of sp³-hybridized carbons (Fsp3) is 0.500. The highest BCUT2D eigenvalue weighted by Gasteiger charge is 2.21. The summed E-state index contributed by atoms with van der Waals surface area (Å²) in [6.45, 7) is 3.72. The summed E-state index contributed by atoms with van der Waals surface area (Å²) >= 11 is 0. The molecule has 0 aliphatic heterocycles. The summed E-state index contributed by atoms with van der Waals surface area (Å²) in [6.07, 6.45) is 5.42. The van der Waals surface area contributed by atoms with Crippen molar-refractivity contribution in [2.75, 3.05) is 20.3 Å². The van der Waals surface area contributed by atoms with Gasteiger partial charge >= 0.3 is 0 Å². The molecule has 0 spiro atoms. The van der Waals surface area contributed by atoms with Crippen molar-refractivity contribution in [3.63, 3.8) is 0 Å². The molecular formula is C14H21N3O2. The van der Waals surface area contributed by atoms with E-state index in [-0.39, 0.29) is 6.04 Å². The van der Waals surface area contributed by atoms with Gasteiger partial charge in [0.2, 0.25) is 0 Å². The fourth-order valence-electron chi connectivity index (χ4n) is 2.09. The first-order valence-electron chi connectivity index (χ1n) is 6.45. The van der Waals surface area contributed by atoms with E-state index in [1.54, 1.807) is 19.6 Å². The van der Waals surface area contributed by atoms with E-state index in [1.807, 2.05) is 29.9 Å². The molecule has 19 heavy (non-hydrogen) atoms. The Hall–Kier alpha value is -1.59. The first-order valence-corrected chi connectivity index (χ1v) is 6.45. The summed E-state index contributed by atoms with van der Waals surface area (Å²) in [5, 5.41) is 3.49. The van der Waals surface area contributed by atoms with Crippen LogP contribution >= 0.6 is 0 Å². The lowest BCUT2D eigenvalue weighted by atomic mass is 10.1. The second kappa shape index (κ2) is 6.54. The molecule has 2 unspecified atom stereocenters. The van der Waals surface area contributed by atoms with Gasteiger partial charge in [-0.3, -0.25) is 0 Å². The molecule has 1 N–H and O–H groups in total. The molecule has 0 bridgehead atoms. The largest absolute Gasteiger partial charge is 0.467 e. The highest BCUT2D eigenvalue weighted by molar-refractivity contribution is 5.15. The monoisotopic (exact) mass is 263 g/mol. The van der Waals surface area contributed by atoms with Gasteiger partial charge in [-0.25, -0.2) is 4.98 Å². The van der Waals surface area contributed by atoms with E-state index >= 15 is 0 Å². The molecule has 0 saturated carbocycles. The van der Waals surface area contributed by atoms with Crippen LogP contribution in [0.25, 0.3) is 0 Å². The highest BCUT2D eigenvalue weighted by atomic mass is 16.5. The Labute approximate surface area is 113 Å². The zero-order chi connectivity index (χ0) is 13.7. The van der Waals surface area contributed by atoms with Gasteiger partial charge in [0.1, 0.15) is 17.6 Å². The maximum absolute atomic E-state index is 5.52. The van der Waals surface area contributed by atoms with Gasteiger partial charge in [-0.15, -0.1) is 0 Å². The molecule has 104 valence electrons. The molecule has 5 nitrogen and oxygen atoms in total. The first kappa shape index (κ1) is 13.8. The second-order valence-corrected chi connectivity index (χ2v) is 4.81. The average Bonchev–Trinajstić information content (AvgIpc) is 3.03. The van der Waals surface area contributed by atoms with Crippen LogP contribution < -0.4 is 5.32 Å². The van der Waals surface area contributed by atoms with Crippen molar-refractivity contribution in [3.05, 3.63) is 42.4 Å². The number of aryl methyl sites for hydroxylation is 1. The molecule has 0 aliphatic rings. The number of nitrogens with one attached hydrogen (secondary N) is 1. The predicted octanol–water partition coefficient (Wildman–Crippen LogP) is 1.97. The number of imidazole rings is 1. The predicted molar refractivity (Wildman–Crippen MR) is 72.8 cm³/mol. The smallest absolute Gasteiger partial charge is 0.133 e. The molecule has 0 radical (unpaired) electrons. The molecule has 2 aromatic rings. The Morgan fingerprint density at radius 1 is 1.53 bits per heavy atom. The zero-order valence-electron chi connectivity index (χ0n) is 11.7. The van der Waals surface area contributed by atoms with Crippen molar-refractivity contribution < 1.29 is 9.15 Å². The van der Waals surface area contributed by atoms with E-state index in [2.05, 4.69) is 17.2 Å². The SMILES string of the molecule is COCC(C)CNC(c1ccco1)c1nccn1C. The summed E-state index contributed by atoms with van der Waals surface area (Å²) in [4.78, 5) is 4.41. The van der Waals surface area contributed by atoms with Crippen LogP contribution in [0.15, 0.2) is 35.2 Å². The van der Waals surface area contributed by atoms with Crippen LogP contribution in [0.1, 0.15) is 24.6 Å². The van der Waals surface area contributed by atoms with Crippen LogP contribution in [0.3, 0.4) is 0 Å². The van der Waals surface area contributed by atoms with Crippen molar-refractivity contribution in [1.29, 1.82) is 0 Å². The topological polar surface area (TPSA) is 52.2 Å². The van der Waals surface area contributed by atoms with E-state index in [4.69, 9.17) is 9.15 Å². The van der Waals surface area contributed by atoms with Gasteiger partial charge < -0.3 is 19.0 Å². The minimum absolute atomic E-state index is 0.0330. The minimum Gasteiger partial charge on any atom is -0.467 e. The zero-order valence-corrected chi connectivity index (χ0v) is 11.7. The van der Waals surface area contributed by atoms with E-state index in [0.717, 1.165) is 24.7 Å². The van der Waals surface area contributed by atoms with Crippen molar-refractivity contribution in [2.45, 2.75) is 13.0 Å². The summed E-state index contributed by atoms with van der Waals surface area (Å²) in [7, 11) is 3.71. The molecule has 2 heterocycles. The molecule has 0 aromatic carbocycles. The van der Waals surface area contributed by atoms with E-state index in [0.29, 0.717) is 5.92 Å². The molecule has 0 amide bonds. The van der Waals surface area contributed by atoms with Crippen LogP contribution in [-0.2, 0) is 11.8 Å². The number of hydrogen-bond donors (Lipinski definition) is 1. The first-order chi connectivity index (χ1) is 9.22. The average molecular weight is 263 g/mol. The maximum atomic E-state index is 5.52. The lowest BCUT2D eigenvalue weighted by Crippen LogP contribution is -2.30. The molecule has 5 heteroatoms. The molecule has 0 aliphatic carbocycles. The normalized spacial score (nSPS) is 14.5. The van der Waals surface area contributed by atoms with Crippen molar-refractivity contribution in [2.24, 2.45) is 13.0 Å². The van der Waals surface area contributed by atoms with Gasteiger partial charge in [-0.05, 0) is 18.1 Å². The molecule has 2 aromatic heterocycles. The Bertz CT molecular complexity index is 479. The minimum atomic E-state index is -0.0330. The number of rotatable bonds is 7. The molecule has 2 rings (SSSR count). The second-order valence-electron chi connectivity index (χ2n) is 4.81. The van der Waals surface area contributed by atoms with Crippen molar-refractivity contribution in [3.8, 4) is 0 Å². The number of furan rings is 1. The van der Waals surface area contributed by atoms with Crippen LogP contribution in [0.4, 0.5) is 0 Å². The summed E-state index contributed by atoms with van der Waals surface area (Å²) in [5.41, 5.74) is 0. The van der Waals surface area contributed by atoms with Gasteiger partial charge in [0, 0.05) is 39.7 Å². The van der Waals surface area contributed by atoms with Crippen molar-refractivity contribution in [1.82, 2.24) is 14.9 Å². The lowest BCUT2D eigenvalue weighted by molar-refractivity contribution is 0.157. The molecular weight excluding hydrogens is 242 g/mol. The van der Waals surface area contributed by atoms with Crippen LogP contribution in [-0.4, -0.2) is 29.8 Å². The fourth-order valence-corrected chi connectivity index (χ4v) is 2.09. The molecule has 0 fully saturated rings. The quantitative estimate of drug-likeness (QED) is 0.830. The Morgan fingerprint density at radius 3 is 2.95 bits per heavy atom. The maximum Gasteiger partial charge on any atom is 0.133 e. The van der Waals surface area contributed by atoms with E-state index in [1.165, 1.54) is 0 Å². The number of ether oxygens (including phenoxy) is 1. The van der Waals surface area contributed by atoms with E-state index < -0.39 is 0 Å². The summed E-state index contributed by atoms with van der Waals surface area (Å²) in [5.74, 6) is 2.25. The summed E-state index contributed by atoms with van der Waals surface area (Å²) in [6, 6.07) is 3.83. The third kappa shape index (κ3) is 3.45. The Balaban J connectivity index is 2.10. The van der Waals surface area contributed by atoms with Gasteiger partial charge in [0.05, 0.1) is 6.26 Å². The standard InChI is InChI=1S/C14H21N3O2/c1-11(10-18-3)9-16-13(12-5-4-8-19-12)14-15-6-7-17(14)2/h4-8,11,13,16H,9-10H2,1-3H3. The van der Waals surface area contributed by atoms with Gasteiger partial charge in [0.25, 0.3) is 0 Å². The lowest BCUT2D eigenvalue weighted by Gasteiger charge is -2.19. The summed E-state index contributed by atoms with van der Waals surface area (Å²) < 4.78 is 12.7. The number of methoxy groups -OCH3 is 1. The van der Waals surface area contributed by atoms with Crippen LogP contribution in [0.2, 0.25) is 0 Å². The number of hydrogen-bond acceptors (Lipinski definition) is 4. The van der Waals surface area contributed by atoms with Crippen LogP contribution in [0, 0.1) is 5.92 Å². The Kier molecular flexibility index (Phi) is 4.76. The van der Waals surface area contributed by atoms with Crippen molar-refractivity contribution >= 4 is 0 Å². The third-order valence-electron chi connectivity index (χ3n) is 3.07. The molecule has 2 atom stereocenters. The van der Waals surface area contributed by atoms with E-state index in [9.17, 15) is 0 Å². The van der Waals surface area contributed by atoms with Crippen LogP contribution in [0.5, 0.6) is 0 Å². The van der Waals surface area contributed by atoms with Gasteiger partial charge in [0.15, 0.2) is 0 Å².